The quantitative estimate of drug-likeness (QED) is 0.799. The number of ether oxygens (including phenoxy) is 1. The molecule has 128 valence electrons. The van der Waals surface area contributed by atoms with Crippen LogP contribution in [0.1, 0.15) is 25.3 Å². The molecule has 1 spiro atoms. The molecule has 0 aliphatic carbocycles. The van der Waals surface area contributed by atoms with E-state index in [9.17, 15) is 14.4 Å². The Morgan fingerprint density at radius 1 is 1.25 bits per heavy atom. The Balaban J connectivity index is 1.51. The predicted molar refractivity (Wildman–Crippen MR) is 85.9 cm³/mol. The Morgan fingerprint density at radius 2 is 1.92 bits per heavy atom. The largest absolute Gasteiger partial charge is 0.364 e. The van der Waals surface area contributed by atoms with Gasteiger partial charge in [0.1, 0.15) is 11.6 Å². The third kappa shape index (κ3) is 3.26. The maximum absolute atomic E-state index is 12.5. The van der Waals surface area contributed by atoms with Crippen molar-refractivity contribution in [2.24, 2.45) is 0 Å². The Labute approximate surface area is 140 Å². The van der Waals surface area contributed by atoms with Crippen LogP contribution in [0.3, 0.4) is 0 Å². The summed E-state index contributed by atoms with van der Waals surface area (Å²) in [6.45, 7) is 2.96. The van der Waals surface area contributed by atoms with Gasteiger partial charge in [-0.3, -0.25) is 14.9 Å². The van der Waals surface area contributed by atoms with Crippen molar-refractivity contribution >= 4 is 17.8 Å². The van der Waals surface area contributed by atoms with Crippen molar-refractivity contribution in [2.75, 3.05) is 13.1 Å². The molecule has 2 aliphatic heterocycles. The first-order valence-corrected chi connectivity index (χ1v) is 8.08. The number of benzene rings is 1. The highest BCUT2D eigenvalue weighted by Crippen LogP contribution is 2.26. The summed E-state index contributed by atoms with van der Waals surface area (Å²) in [5, 5.41) is 4.95. The molecule has 7 heteroatoms. The smallest absolute Gasteiger partial charge is 0.322 e. The van der Waals surface area contributed by atoms with Crippen molar-refractivity contribution in [3.05, 3.63) is 35.9 Å². The maximum Gasteiger partial charge on any atom is 0.322 e. The summed E-state index contributed by atoms with van der Waals surface area (Å²) in [5.74, 6) is -0.390. The fourth-order valence-electron chi connectivity index (χ4n) is 3.11. The van der Waals surface area contributed by atoms with Crippen LogP contribution in [0.4, 0.5) is 4.79 Å². The van der Waals surface area contributed by atoms with Crippen LogP contribution in [0.2, 0.25) is 0 Å². The molecular formula is C17H21N3O4. The first-order valence-electron chi connectivity index (χ1n) is 8.08. The summed E-state index contributed by atoms with van der Waals surface area (Å²) in [5.41, 5.74) is 0.155. The number of nitrogens with one attached hydrogen (secondary N) is 2. The van der Waals surface area contributed by atoms with E-state index in [-0.39, 0.29) is 11.8 Å². The third-order valence-corrected chi connectivity index (χ3v) is 4.63. The van der Waals surface area contributed by atoms with Gasteiger partial charge in [0.05, 0.1) is 6.61 Å². The van der Waals surface area contributed by atoms with E-state index in [1.165, 1.54) is 0 Å². The zero-order chi connectivity index (χ0) is 17.2. The number of urea groups is 1. The topological polar surface area (TPSA) is 87.7 Å². The van der Waals surface area contributed by atoms with E-state index in [1.54, 1.807) is 11.8 Å². The van der Waals surface area contributed by atoms with E-state index in [4.69, 9.17) is 4.74 Å². The molecular weight excluding hydrogens is 310 g/mol. The molecule has 4 amide bonds. The summed E-state index contributed by atoms with van der Waals surface area (Å²) >= 11 is 0. The molecule has 7 nitrogen and oxygen atoms in total. The van der Waals surface area contributed by atoms with Crippen LogP contribution in [0.15, 0.2) is 30.3 Å². The van der Waals surface area contributed by atoms with Crippen molar-refractivity contribution < 1.29 is 19.1 Å². The highest BCUT2D eigenvalue weighted by Gasteiger charge is 2.48. The molecule has 24 heavy (non-hydrogen) atoms. The molecule has 2 saturated heterocycles. The molecule has 2 fully saturated rings. The average molecular weight is 331 g/mol. The van der Waals surface area contributed by atoms with Gasteiger partial charge in [-0.1, -0.05) is 30.3 Å². The molecule has 0 bridgehead atoms. The van der Waals surface area contributed by atoms with Crippen LogP contribution in [-0.4, -0.2) is 47.5 Å². The highest BCUT2D eigenvalue weighted by atomic mass is 16.5. The lowest BCUT2D eigenvalue weighted by molar-refractivity contribution is -0.146. The molecule has 0 radical (unpaired) electrons. The normalized spacial score (nSPS) is 20.6. The highest BCUT2D eigenvalue weighted by molar-refractivity contribution is 6.07. The number of likely N-dealkylation sites (tertiary alicyclic amines) is 1. The molecule has 0 unspecified atom stereocenters. The van der Waals surface area contributed by atoms with Gasteiger partial charge in [-0.25, -0.2) is 4.79 Å². The van der Waals surface area contributed by atoms with Crippen molar-refractivity contribution in [3.63, 3.8) is 0 Å². The number of hydrogen-bond donors (Lipinski definition) is 2. The Kier molecular flexibility index (Phi) is 4.53. The van der Waals surface area contributed by atoms with E-state index in [2.05, 4.69) is 10.6 Å². The minimum atomic E-state index is -0.859. The Hall–Kier alpha value is -2.41. The van der Waals surface area contributed by atoms with E-state index in [0.717, 1.165) is 5.56 Å². The lowest BCUT2D eigenvalue weighted by atomic mass is 9.87. The van der Waals surface area contributed by atoms with Gasteiger partial charge in [0.2, 0.25) is 0 Å². The SMILES string of the molecule is C[C@H](OCc1ccccc1)C(=O)N1CCC2(CC1)NC(=O)NC2=O. The Bertz CT molecular complexity index is 638. The molecule has 1 aromatic rings. The first kappa shape index (κ1) is 16.4. The number of nitrogens with zero attached hydrogens (tertiary/aromatic N) is 1. The summed E-state index contributed by atoms with van der Waals surface area (Å²) in [6.07, 6.45) is 0.287. The fraction of sp³-hybridized carbons (Fsp3) is 0.471. The molecule has 3 rings (SSSR count). The molecule has 1 aromatic carbocycles. The molecule has 0 saturated carbocycles. The number of amides is 4. The van der Waals surface area contributed by atoms with Crippen molar-refractivity contribution in [3.8, 4) is 0 Å². The van der Waals surface area contributed by atoms with Crippen molar-refractivity contribution in [1.82, 2.24) is 15.5 Å². The van der Waals surface area contributed by atoms with Crippen LogP contribution in [-0.2, 0) is 20.9 Å². The summed E-state index contributed by atoms with van der Waals surface area (Å²) < 4.78 is 5.66. The van der Waals surface area contributed by atoms with Crippen LogP contribution >= 0.6 is 0 Å². The van der Waals surface area contributed by atoms with Crippen LogP contribution in [0.25, 0.3) is 0 Å². The van der Waals surface area contributed by atoms with Gasteiger partial charge >= 0.3 is 6.03 Å². The van der Waals surface area contributed by atoms with Gasteiger partial charge in [0.15, 0.2) is 0 Å². The van der Waals surface area contributed by atoms with Gasteiger partial charge in [0, 0.05) is 13.1 Å². The second-order valence-electron chi connectivity index (χ2n) is 6.25. The van der Waals surface area contributed by atoms with Gasteiger partial charge < -0.3 is 15.0 Å². The first-order chi connectivity index (χ1) is 11.5. The number of piperidine rings is 1. The second-order valence-corrected chi connectivity index (χ2v) is 6.25. The van der Waals surface area contributed by atoms with E-state index < -0.39 is 17.7 Å². The second kappa shape index (κ2) is 6.60. The minimum Gasteiger partial charge on any atom is -0.364 e. The minimum absolute atomic E-state index is 0.0921. The van der Waals surface area contributed by atoms with Gasteiger partial charge in [-0.2, -0.15) is 0 Å². The number of carbonyl (C=O) groups excluding carboxylic acids is 3. The summed E-state index contributed by atoms with van der Waals surface area (Å²) in [7, 11) is 0. The molecule has 0 aromatic heterocycles. The van der Waals surface area contributed by atoms with Crippen molar-refractivity contribution in [1.29, 1.82) is 0 Å². The standard InChI is InChI=1S/C17H21N3O4/c1-12(24-11-13-5-3-2-4-6-13)14(21)20-9-7-17(8-10-20)15(22)18-16(23)19-17/h2-6,12H,7-11H2,1H3,(H2,18,19,22,23)/t12-/m0/s1. The van der Waals surface area contributed by atoms with Crippen molar-refractivity contribution in [2.45, 2.75) is 38.0 Å². The van der Waals surface area contributed by atoms with Gasteiger partial charge in [0.25, 0.3) is 11.8 Å². The van der Waals surface area contributed by atoms with E-state index in [0.29, 0.717) is 32.5 Å². The van der Waals surface area contributed by atoms with E-state index in [1.807, 2.05) is 30.3 Å². The lowest BCUT2D eigenvalue weighted by Gasteiger charge is -2.37. The number of hydrogen-bond acceptors (Lipinski definition) is 4. The van der Waals surface area contributed by atoms with E-state index >= 15 is 0 Å². The molecule has 2 heterocycles. The number of rotatable bonds is 4. The zero-order valence-electron chi connectivity index (χ0n) is 13.6. The monoisotopic (exact) mass is 331 g/mol. The lowest BCUT2D eigenvalue weighted by Crippen LogP contribution is -2.56. The Morgan fingerprint density at radius 3 is 2.50 bits per heavy atom. The maximum atomic E-state index is 12.5. The molecule has 2 aliphatic rings. The van der Waals surface area contributed by atoms with Crippen LogP contribution < -0.4 is 10.6 Å². The molecule has 1 atom stereocenters. The average Bonchev–Trinajstić information content (AvgIpc) is 2.87. The fourth-order valence-corrected chi connectivity index (χ4v) is 3.11. The van der Waals surface area contributed by atoms with Crippen LogP contribution in [0, 0.1) is 0 Å². The van der Waals surface area contributed by atoms with Gasteiger partial charge in [-0.15, -0.1) is 0 Å². The summed E-state index contributed by atoms with van der Waals surface area (Å²) in [6, 6.07) is 9.22. The number of carbonyl (C=O) groups is 3. The number of imide groups is 1. The molecule has 2 N–H and O–H groups in total. The third-order valence-electron chi connectivity index (χ3n) is 4.63. The zero-order valence-corrected chi connectivity index (χ0v) is 13.6. The summed E-state index contributed by atoms with van der Waals surface area (Å²) in [4.78, 5) is 37.4. The van der Waals surface area contributed by atoms with Crippen LogP contribution in [0.5, 0.6) is 0 Å². The van der Waals surface area contributed by atoms with Gasteiger partial charge in [-0.05, 0) is 25.3 Å². The predicted octanol–water partition coefficient (Wildman–Crippen LogP) is 0.792.